The van der Waals surface area contributed by atoms with E-state index in [1.165, 1.54) is 151 Å². The van der Waals surface area contributed by atoms with Gasteiger partial charge in [-0.2, -0.15) is 13.2 Å². The highest BCUT2D eigenvalue weighted by atomic mass is 19.4. The standard InChI is InChI=1S/C21H28F3N.C20H30N2O2.C20H29N/c22-21(23,24)20-4-2-1-3-19(20)17-9-11-25(12-10-17)18-8-7-15-5-6-16(13-15)14-18;1-23-17-5-6-20(24-2)18(13-17)15-7-9-22(10-8-15)21-19-12-14-3-4-16(19)11-14;1-14-3-4-15(2)19(11-14)17-7-9-21(10-8-17)20-13-16-5-6-18(20)12-16/h1-4,15-18H,5-14H2;5-6,13-16,19,21H,3-4,7-12H2,1-2H3;3-4,11,16-18,20H,5-10,12-13H2,1-2H3/t;14-,16-,19?;/m.0./s1. The molecule has 9 heteroatoms. The number of fused-ring (bicyclic) bond motifs is 6. The van der Waals surface area contributed by atoms with Crippen molar-refractivity contribution in [3.8, 4) is 11.5 Å². The summed E-state index contributed by atoms with van der Waals surface area (Å²) in [7, 11) is 3.49. The van der Waals surface area contributed by atoms with Crippen LogP contribution in [0.3, 0.4) is 0 Å². The maximum Gasteiger partial charge on any atom is 0.416 e. The highest BCUT2D eigenvalue weighted by molar-refractivity contribution is 5.43. The fourth-order valence-electron chi connectivity index (χ4n) is 16.1. The zero-order valence-corrected chi connectivity index (χ0v) is 43.4. The van der Waals surface area contributed by atoms with Crippen molar-refractivity contribution >= 4 is 0 Å². The van der Waals surface area contributed by atoms with E-state index in [0.717, 1.165) is 104 Å². The quantitative estimate of drug-likeness (QED) is 0.230. The Labute approximate surface area is 420 Å². The molecule has 3 saturated heterocycles. The van der Waals surface area contributed by atoms with Gasteiger partial charge in [-0.25, -0.2) is 5.01 Å². The van der Waals surface area contributed by atoms with Gasteiger partial charge in [-0.05, 0) is 237 Å². The predicted octanol–water partition coefficient (Wildman–Crippen LogP) is 14.1. The number of nitrogens with one attached hydrogen (secondary N) is 1. The molecule has 0 aromatic heterocycles. The summed E-state index contributed by atoms with van der Waals surface area (Å²) in [6, 6.07) is 21.7. The molecule has 1 N–H and O–H groups in total. The average Bonchev–Trinajstić information content (AvgIpc) is 4.25. The molecule has 9 fully saturated rings. The minimum absolute atomic E-state index is 0.0521. The zero-order chi connectivity index (χ0) is 48.4. The summed E-state index contributed by atoms with van der Waals surface area (Å²) < 4.78 is 50.9. The summed E-state index contributed by atoms with van der Waals surface area (Å²) >= 11 is 0. The minimum Gasteiger partial charge on any atom is -0.497 e. The van der Waals surface area contributed by atoms with Crippen LogP contribution in [0.25, 0.3) is 0 Å². The molecule has 3 aromatic carbocycles. The van der Waals surface area contributed by atoms with Crippen molar-refractivity contribution in [2.75, 3.05) is 53.5 Å². The summed E-state index contributed by atoms with van der Waals surface area (Å²) in [4.78, 5) is 5.44. The fourth-order valence-corrected chi connectivity index (χ4v) is 16.1. The van der Waals surface area contributed by atoms with Gasteiger partial charge in [0.15, 0.2) is 0 Å². The molecule has 384 valence electrons. The Hall–Kier alpha value is -3.11. The molecule has 0 amide bonds. The third-order valence-corrected chi connectivity index (χ3v) is 19.9. The van der Waals surface area contributed by atoms with Crippen molar-refractivity contribution in [2.24, 2.45) is 35.5 Å². The number of likely N-dealkylation sites (tertiary alicyclic amines) is 2. The first kappa shape index (κ1) is 50.4. The van der Waals surface area contributed by atoms with Crippen molar-refractivity contribution in [3.05, 3.63) is 94.0 Å². The maximum atomic E-state index is 13.3. The van der Waals surface area contributed by atoms with Crippen molar-refractivity contribution in [1.29, 1.82) is 0 Å². The second kappa shape index (κ2) is 22.6. The Balaban J connectivity index is 0.000000122. The van der Waals surface area contributed by atoms with Gasteiger partial charge in [-0.15, -0.1) is 0 Å². The van der Waals surface area contributed by atoms with Crippen molar-refractivity contribution in [3.63, 3.8) is 0 Å². The molecule has 0 radical (unpaired) electrons. The fraction of sp³-hybridized carbons (Fsp3) is 0.705. The predicted molar refractivity (Wildman–Crippen MR) is 278 cm³/mol. The van der Waals surface area contributed by atoms with Crippen LogP contribution in [-0.2, 0) is 6.18 Å². The van der Waals surface area contributed by atoms with Crippen LogP contribution in [-0.4, -0.2) is 86.4 Å². The van der Waals surface area contributed by atoms with E-state index in [4.69, 9.17) is 9.47 Å². The van der Waals surface area contributed by atoms with Gasteiger partial charge in [-0.1, -0.05) is 67.6 Å². The van der Waals surface area contributed by atoms with Gasteiger partial charge >= 0.3 is 6.18 Å². The second-order valence-corrected chi connectivity index (χ2v) is 24.1. The first-order chi connectivity index (χ1) is 34.0. The van der Waals surface area contributed by atoms with Crippen molar-refractivity contribution < 1.29 is 22.6 Å². The molecule has 7 unspecified atom stereocenters. The summed E-state index contributed by atoms with van der Waals surface area (Å²) in [5.74, 6) is 9.27. The number of rotatable bonds is 9. The third kappa shape index (κ3) is 11.8. The van der Waals surface area contributed by atoms with Gasteiger partial charge in [0.05, 0.1) is 19.8 Å². The number of piperidine rings is 3. The molecular formula is C61H87F3N4O2. The molecule has 3 aliphatic heterocycles. The van der Waals surface area contributed by atoms with E-state index in [1.54, 1.807) is 38.3 Å². The van der Waals surface area contributed by atoms with Crippen LogP contribution in [0.4, 0.5) is 13.2 Å². The minimum atomic E-state index is -4.24. The lowest BCUT2D eigenvalue weighted by molar-refractivity contribution is -0.138. The molecule has 3 heterocycles. The van der Waals surface area contributed by atoms with E-state index in [9.17, 15) is 13.2 Å². The van der Waals surface area contributed by atoms with Crippen LogP contribution in [0.1, 0.15) is 180 Å². The monoisotopic (exact) mass is 965 g/mol. The van der Waals surface area contributed by atoms with Gasteiger partial charge in [-0.3, -0.25) is 5.43 Å². The largest absolute Gasteiger partial charge is 0.497 e. The molecule has 70 heavy (non-hydrogen) atoms. The number of ether oxygens (including phenoxy) is 2. The first-order valence-electron chi connectivity index (χ1n) is 28.4. The smallest absolute Gasteiger partial charge is 0.416 e. The molecule has 12 rings (SSSR count). The highest BCUT2D eigenvalue weighted by Gasteiger charge is 2.44. The summed E-state index contributed by atoms with van der Waals surface area (Å²) in [6.45, 7) is 11.4. The Morgan fingerprint density at radius 1 is 0.514 bits per heavy atom. The lowest BCUT2D eigenvalue weighted by atomic mass is 9.84. The second-order valence-electron chi connectivity index (χ2n) is 24.1. The summed E-state index contributed by atoms with van der Waals surface area (Å²) in [5.41, 5.74) is 9.78. The van der Waals surface area contributed by atoms with Gasteiger partial charge in [0.1, 0.15) is 11.5 Å². The number of hydrogen-bond acceptors (Lipinski definition) is 6. The normalized spacial score (nSPS) is 32.0. The van der Waals surface area contributed by atoms with Crippen LogP contribution < -0.4 is 14.9 Å². The number of hydrazine groups is 1. The van der Waals surface area contributed by atoms with E-state index in [-0.39, 0.29) is 5.92 Å². The van der Waals surface area contributed by atoms with Gasteiger partial charge in [0.25, 0.3) is 0 Å². The number of alkyl halides is 3. The average molecular weight is 965 g/mol. The molecule has 9 atom stereocenters. The number of aryl methyl sites for hydroxylation is 2. The number of hydrogen-bond donors (Lipinski definition) is 1. The van der Waals surface area contributed by atoms with E-state index in [0.29, 0.717) is 17.5 Å². The van der Waals surface area contributed by atoms with Crippen LogP contribution in [0.15, 0.2) is 60.7 Å². The molecule has 6 aliphatic carbocycles. The lowest BCUT2D eigenvalue weighted by Crippen LogP contribution is -2.49. The highest BCUT2D eigenvalue weighted by Crippen LogP contribution is 2.49. The van der Waals surface area contributed by atoms with E-state index >= 15 is 0 Å². The van der Waals surface area contributed by atoms with Crippen molar-refractivity contribution in [2.45, 2.75) is 184 Å². The number of halogens is 3. The first-order valence-corrected chi connectivity index (χ1v) is 28.4. The number of nitrogens with zero attached hydrogens (tertiary/aromatic N) is 3. The van der Waals surface area contributed by atoms with E-state index in [2.05, 4.69) is 58.3 Å². The maximum absolute atomic E-state index is 13.3. The molecule has 0 spiro atoms. The summed E-state index contributed by atoms with van der Waals surface area (Å²) in [6.07, 6.45) is 22.7. The molecule has 6 nitrogen and oxygen atoms in total. The van der Waals surface area contributed by atoms with Gasteiger partial charge in [0, 0.05) is 36.8 Å². The zero-order valence-electron chi connectivity index (χ0n) is 43.4. The van der Waals surface area contributed by atoms with E-state index < -0.39 is 11.7 Å². The Bertz CT molecular complexity index is 2160. The third-order valence-electron chi connectivity index (χ3n) is 19.9. The van der Waals surface area contributed by atoms with Crippen LogP contribution in [0.5, 0.6) is 11.5 Å². The Morgan fingerprint density at radius 2 is 1.13 bits per heavy atom. The van der Waals surface area contributed by atoms with E-state index in [1.807, 2.05) is 12.1 Å². The van der Waals surface area contributed by atoms with Gasteiger partial charge in [0.2, 0.25) is 0 Å². The summed E-state index contributed by atoms with van der Waals surface area (Å²) in [5, 5.41) is 2.48. The SMILES string of the molecule is COc1ccc(OC)c(C2CCN(NC3C[C@H]4CC[C@H]3C4)CC2)c1.Cc1ccc(C)c(C2CCN(C3CC4CCC3C4)CC2)c1.FC(F)(F)c1ccccc1C1CCN(C2CCC3CCC(C3)C2)CC1. The van der Waals surface area contributed by atoms with Crippen LogP contribution in [0.2, 0.25) is 0 Å². The number of methoxy groups -OCH3 is 2. The lowest BCUT2D eigenvalue weighted by Gasteiger charge is -2.40. The molecular weight excluding hydrogens is 878 g/mol. The molecule has 6 saturated carbocycles. The molecule has 3 aromatic rings. The van der Waals surface area contributed by atoms with Crippen LogP contribution >= 0.6 is 0 Å². The van der Waals surface area contributed by atoms with Gasteiger partial charge < -0.3 is 19.3 Å². The van der Waals surface area contributed by atoms with Crippen molar-refractivity contribution in [1.82, 2.24) is 20.2 Å². The topological polar surface area (TPSA) is 40.2 Å². The Morgan fingerprint density at radius 3 is 1.79 bits per heavy atom. The van der Waals surface area contributed by atoms with Crippen LogP contribution in [0, 0.1) is 49.4 Å². The molecule has 9 aliphatic rings. The number of benzene rings is 3. The molecule has 6 bridgehead atoms. The Kier molecular flexibility index (Phi) is 16.3.